The molecule has 0 aromatic rings. The largest absolute Gasteiger partial charge is 0.355 e. The van der Waals surface area contributed by atoms with Crippen LogP contribution in [0.2, 0.25) is 0 Å². The van der Waals surface area contributed by atoms with Gasteiger partial charge in [-0.25, -0.2) is 0 Å². The Morgan fingerprint density at radius 1 is 1.64 bits per heavy atom. The minimum absolute atomic E-state index is 0.107. The maximum Gasteiger partial charge on any atom is 0.191 e. The second-order valence-corrected chi connectivity index (χ2v) is 3.84. The number of nitrogens with zero attached hydrogens (tertiary/aromatic N) is 1. The second-order valence-electron chi connectivity index (χ2n) is 3.84. The van der Waals surface area contributed by atoms with E-state index in [9.17, 15) is 4.79 Å². The molecule has 0 amide bonds. The van der Waals surface area contributed by atoms with E-state index < -0.39 is 0 Å². The van der Waals surface area contributed by atoms with E-state index in [4.69, 9.17) is 0 Å². The third-order valence-corrected chi connectivity index (χ3v) is 2.33. The fraction of sp³-hybridized carbons (Fsp3) is 0.800. The molecule has 14 heavy (non-hydrogen) atoms. The fourth-order valence-electron chi connectivity index (χ4n) is 1.48. The Bertz CT molecular complexity index is 236. The van der Waals surface area contributed by atoms with E-state index in [0.29, 0.717) is 12.3 Å². The van der Waals surface area contributed by atoms with E-state index in [0.717, 1.165) is 19.0 Å². The topological polar surface area (TPSA) is 53.5 Å². The molecule has 0 aliphatic carbocycles. The van der Waals surface area contributed by atoms with Crippen LogP contribution in [-0.2, 0) is 4.79 Å². The fourth-order valence-corrected chi connectivity index (χ4v) is 1.48. The van der Waals surface area contributed by atoms with Crippen molar-refractivity contribution in [2.75, 3.05) is 13.1 Å². The number of Topliss-reactive ketones (excluding diaryl/α,β-unsaturated/α-hetero) is 1. The first kappa shape index (κ1) is 11.0. The van der Waals surface area contributed by atoms with Gasteiger partial charge in [0.2, 0.25) is 0 Å². The predicted molar refractivity (Wildman–Crippen MR) is 57.4 cm³/mol. The first-order chi connectivity index (χ1) is 6.65. The number of carbonyl (C=O) groups excluding carboxylic acids is 1. The molecule has 0 aromatic carbocycles. The van der Waals surface area contributed by atoms with Crippen molar-refractivity contribution in [2.45, 2.75) is 33.2 Å². The van der Waals surface area contributed by atoms with Crippen LogP contribution in [0, 0.1) is 5.92 Å². The van der Waals surface area contributed by atoms with Crippen LogP contribution in [0.3, 0.4) is 0 Å². The number of ketones is 1. The van der Waals surface area contributed by atoms with Crippen molar-refractivity contribution in [3.8, 4) is 0 Å². The zero-order valence-corrected chi connectivity index (χ0v) is 9.13. The van der Waals surface area contributed by atoms with Crippen LogP contribution >= 0.6 is 0 Å². The van der Waals surface area contributed by atoms with Gasteiger partial charge in [-0.1, -0.05) is 20.8 Å². The quantitative estimate of drug-likeness (QED) is 0.691. The molecule has 0 bridgehead atoms. The smallest absolute Gasteiger partial charge is 0.191 e. The minimum Gasteiger partial charge on any atom is -0.355 e. The number of guanidine groups is 1. The summed E-state index contributed by atoms with van der Waals surface area (Å²) in [4.78, 5) is 15.8. The lowest BCUT2D eigenvalue weighted by Crippen LogP contribution is -2.47. The van der Waals surface area contributed by atoms with Gasteiger partial charge in [-0.3, -0.25) is 9.79 Å². The van der Waals surface area contributed by atoms with Crippen LogP contribution in [0.1, 0.15) is 27.2 Å². The molecular weight excluding hydrogens is 178 g/mol. The number of hydrogen-bond donors (Lipinski definition) is 2. The summed E-state index contributed by atoms with van der Waals surface area (Å²) in [5.41, 5.74) is 0. The van der Waals surface area contributed by atoms with Gasteiger partial charge in [-0.2, -0.15) is 0 Å². The molecule has 0 saturated heterocycles. The average Bonchev–Trinajstić information content (AvgIpc) is 2.65. The van der Waals surface area contributed by atoms with Gasteiger partial charge >= 0.3 is 0 Å². The van der Waals surface area contributed by atoms with Crippen molar-refractivity contribution < 1.29 is 4.79 Å². The molecule has 1 aliphatic rings. The van der Waals surface area contributed by atoms with Gasteiger partial charge in [-0.15, -0.1) is 0 Å². The van der Waals surface area contributed by atoms with E-state index in [1.807, 2.05) is 20.8 Å². The molecule has 0 spiro atoms. The molecule has 4 nitrogen and oxygen atoms in total. The highest BCUT2D eigenvalue weighted by Gasteiger charge is 2.22. The first-order valence-electron chi connectivity index (χ1n) is 5.22. The van der Waals surface area contributed by atoms with E-state index in [2.05, 4.69) is 15.6 Å². The molecule has 0 unspecified atom stereocenters. The number of rotatable bonds is 4. The summed E-state index contributed by atoms with van der Waals surface area (Å²) in [5.74, 6) is 1.31. The van der Waals surface area contributed by atoms with Gasteiger partial charge in [0, 0.05) is 13.0 Å². The Labute approximate surface area is 85.2 Å². The van der Waals surface area contributed by atoms with E-state index in [1.54, 1.807) is 0 Å². The van der Waals surface area contributed by atoms with Crippen molar-refractivity contribution in [2.24, 2.45) is 10.9 Å². The number of nitrogens with one attached hydrogen (secondary N) is 2. The Morgan fingerprint density at radius 3 is 2.79 bits per heavy atom. The Kier molecular flexibility index (Phi) is 3.92. The molecular formula is C10H19N3O. The maximum atomic E-state index is 11.6. The van der Waals surface area contributed by atoms with E-state index in [-0.39, 0.29) is 11.8 Å². The normalized spacial score (nSPS) is 17.6. The Balaban J connectivity index is 2.54. The van der Waals surface area contributed by atoms with Crippen LogP contribution in [0.25, 0.3) is 0 Å². The van der Waals surface area contributed by atoms with Gasteiger partial charge < -0.3 is 10.6 Å². The summed E-state index contributed by atoms with van der Waals surface area (Å²) < 4.78 is 0. The maximum absolute atomic E-state index is 11.6. The monoisotopic (exact) mass is 197 g/mol. The van der Waals surface area contributed by atoms with Crippen molar-refractivity contribution >= 4 is 11.7 Å². The molecule has 4 heteroatoms. The van der Waals surface area contributed by atoms with Crippen LogP contribution < -0.4 is 10.6 Å². The second kappa shape index (κ2) is 4.98. The number of hydrogen-bond acceptors (Lipinski definition) is 4. The van der Waals surface area contributed by atoms with Crippen molar-refractivity contribution in [1.82, 2.24) is 10.6 Å². The molecule has 1 heterocycles. The zero-order valence-electron chi connectivity index (χ0n) is 9.13. The molecule has 1 aliphatic heterocycles. The molecule has 0 fully saturated rings. The predicted octanol–water partition coefficient (Wildman–Crippen LogP) is 0.539. The lowest BCUT2D eigenvalue weighted by Gasteiger charge is -2.21. The molecule has 2 N–H and O–H groups in total. The SMILES string of the molecule is CCC(=O)[C@H](NC1=NCCN1)C(C)C. The third-order valence-electron chi connectivity index (χ3n) is 2.33. The molecule has 80 valence electrons. The number of aliphatic imine (C=N–C) groups is 1. The molecule has 0 aromatic heterocycles. The standard InChI is InChI=1S/C10H19N3O/c1-4-8(14)9(7(2)3)13-10-11-5-6-12-10/h7,9H,4-6H2,1-3H3,(H2,11,12,13)/t9-/m1/s1. The van der Waals surface area contributed by atoms with Gasteiger partial charge in [0.05, 0.1) is 12.6 Å². The van der Waals surface area contributed by atoms with Crippen molar-refractivity contribution in [3.63, 3.8) is 0 Å². The molecule has 0 saturated carbocycles. The highest BCUT2D eigenvalue weighted by atomic mass is 16.1. The lowest BCUT2D eigenvalue weighted by molar-refractivity contribution is -0.121. The van der Waals surface area contributed by atoms with Crippen LogP contribution in [0.4, 0.5) is 0 Å². The minimum atomic E-state index is -0.107. The molecule has 1 rings (SSSR count). The summed E-state index contributed by atoms with van der Waals surface area (Å²) in [7, 11) is 0. The van der Waals surface area contributed by atoms with Crippen molar-refractivity contribution in [1.29, 1.82) is 0 Å². The summed E-state index contributed by atoms with van der Waals surface area (Å²) in [6.07, 6.45) is 0.573. The van der Waals surface area contributed by atoms with Gasteiger partial charge in [0.25, 0.3) is 0 Å². The third kappa shape index (κ3) is 2.72. The Morgan fingerprint density at radius 2 is 2.36 bits per heavy atom. The number of carbonyl (C=O) groups is 1. The van der Waals surface area contributed by atoms with Gasteiger partial charge in [0.1, 0.15) is 0 Å². The van der Waals surface area contributed by atoms with Gasteiger partial charge in [-0.05, 0) is 5.92 Å². The van der Waals surface area contributed by atoms with E-state index >= 15 is 0 Å². The highest BCUT2D eigenvalue weighted by molar-refractivity contribution is 5.90. The van der Waals surface area contributed by atoms with Crippen LogP contribution in [0.15, 0.2) is 4.99 Å². The summed E-state index contributed by atoms with van der Waals surface area (Å²) in [5, 5.41) is 6.26. The summed E-state index contributed by atoms with van der Waals surface area (Å²) >= 11 is 0. The van der Waals surface area contributed by atoms with Gasteiger partial charge in [0.15, 0.2) is 11.7 Å². The summed E-state index contributed by atoms with van der Waals surface area (Å²) in [6.45, 7) is 7.64. The highest BCUT2D eigenvalue weighted by Crippen LogP contribution is 2.05. The van der Waals surface area contributed by atoms with Crippen LogP contribution in [-0.4, -0.2) is 30.9 Å². The molecule has 0 radical (unpaired) electrons. The first-order valence-corrected chi connectivity index (χ1v) is 5.22. The molecule has 1 atom stereocenters. The lowest BCUT2D eigenvalue weighted by atomic mass is 9.98. The van der Waals surface area contributed by atoms with E-state index in [1.165, 1.54) is 0 Å². The Hall–Kier alpha value is -1.06. The van der Waals surface area contributed by atoms with Crippen LogP contribution in [0.5, 0.6) is 0 Å². The average molecular weight is 197 g/mol. The van der Waals surface area contributed by atoms with Crippen molar-refractivity contribution in [3.05, 3.63) is 0 Å². The zero-order chi connectivity index (χ0) is 10.6. The summed E-state index contributed by atoms with van der Waals surface area (Å²) in [6, 6.07) is -0.107.